The van der Waals surface area contributed by atoms with E-state index in [1.807, 2.05) is 0 Å². The Morgan fingerprint density at radius 1 is 1.57 bits per heavy atom. The Morgan fingerprint density at radius 2 is 2.21 bits per heavy atom. The molecule has 0 N–H and O–H groups in total. The SMILES string of the molecule is C=CCN1C=CN(C)C1OS(C)(=O)=O. The minimum absolute atomic E-state index is 0.543. The molecular formula is C8H14N2O3S. The number of nitrogens with zero attached hydrogens (tertiary/aromatic N) is 2. The van der Waals surface area contributed by atoms with Crippen molar-refractivity contribution in [2.24, 2.45) is 0 Å². The van der Waals surface area contributed by atoms with Crippen LogP contribution in [0.1, 0.15) is 0 Å². The van der Waals surface area contributed by atoms with Crippen molar-refractivity contribution in [2.45, 2.75) is 6.35 Å². The monoisotopic (exact) mass is 218 g/mol. The van der Waals surface area contributed by atoms with Gasteiger partial charge in [0.25, 0.3) is 10.1 Å². The van der Waals surface area contributed by atoms with Gasteiger partial charge >= 0.3 is 0 Å². The Balaban J connectivity index is 2.70. The average molecular weight is 218 g/mol. The Kier molecular flexibility index (Phi) is 3.17. The molecule has 0 aromatic carbocycles. The summed E-state index contributed by atoms with van der Waals surface area (Å²) in [6.45, 7) is 4.12. The average Bonchev–Trinajstić information content (AvgIpc) is 2.34. The highest BCUT2D eigenvalue weighted by Gasteiger charge is 2.26. The molecule has 0 saturated carbocycles. The Hall–Kier alpha value is -1.01. The lowest BCUT2D eigenvalue weighted by Crippen LogP contribution is -2.40. The zero-order valence-corrected chi connectivity index (χ0v) is 9.07. The molecule has 1 aliphatic rings. The van der Waals surface area contributed by atoms with Crippen molar-refractivity contribution in [2.75, 3.05) is 19.8 Å². The summed E-state index contributed by atoms with van der Waals surface area (Å²) in [5.74, 6) is 0. The molecule has 1 unspecified atom stereocenters. The van der Waals surface area contributed by atoms with Crippen molar-refractivity contribution in [3.8, 4) is 0 Å². The fraction of sp³-hybridized carbons (Fsp3) is 0.500. The molecule has 0 fully saturated rings. The number of hydrogen-bond acceptors (Lipinski definition) is 5. The van der Waals surface area contributed by atoms with E-state index >= 15 is 0 Å². The molecular weight excluding hydrogens is 204 g/mol. The van der Waals surface area contributed by atoms with Gasteiger partial charge in [-0.15, -0.1) is 6.58 Å². The van der Waals surface area contributed by atoms with E-state index in [4.69, 9.17) is 4.18 Å². The smallest absolute Gasteiger partial charge is 0.267 e. The molecule has 0 spiro atoms. The van der Waals surface area contributed by atoms with Crippen molar-refractivity contribution in [1.82, 2.24) is 9.80 Å². The molecule has 6 heteroatoms. The summed E-state index contributed by atoms with van der Waals surface area (Å²) < 4.78 is 26.8. The second-order valence-electron chi connectivity index (χ2n) is 3.08. The summed E-state index contributed by atoms with van der Waals surface area (Å²) in [5, 5.41) is 0. The van der Waals surface area contributed by atoms with Crippen molar-refractivity contribution < 1.29 is 12.6 Å². The molecule has 80 valence electrons. The highest BCUT2D eigenvalue weighted by Crippen LogP contribution is 2.16. The second kappa shape index (κ2) is 4.02. The van der Waals surface area contributed by atoms with E-state index in [1.54, 1.807) is 35.3 Å². The molecule has 0 saturated heterocycles. The molecule has 0 bridgehead atoms. The quantitative estimate of drug-likeness (QED) is 0.496. The van der Waals surface area contributed by atoms with Gasteiger partial charge in [0.15, 0.2) is 0 Å². The maximum absolute atomic E-state index is 11.0. The molecule has 1 aliphatic heterocycles. The van der Waals surface area contributed by atoms with Gasteiger partial charge in [0.1, 0.15) is 0 Å². The first-order chi connectivity index (χ1) is 6.44. The summed E-state index contributed by atoms with van der Waals surface area (Å²) in [5.41, 5.74) is 0. The first-order valence-corrected chi connectivity index (χ1v) is 5.91. The minimum Gasteiger partial charge on any atom is -0.336 e. The third-order valence-corrected chi connectivity index (χ3v) is 2.25. The molecule has 5 nitrogen and oxygen atoms in total. The summed E-state index contributed by atoms with van der Waals surface area (Å²) >= 11 is 0. The fourth-order valence-corrected chi connectivity index (χ4v) is 1.71. The van der Waals surface area contributed by atoms with Crippen LogP contribution in [0.2, 0.25) is 0 Å². The third-order valence-electron chi connectivity index (χ3n) is 1.73. The van der Waals surface area contributed by atoms with Crippen LogP contribution in [0.3, 0.4) is 0 Å². The van der Waals surface area contributed by atoms with Crippen LogP contribution >= 0.6 is 0 Å². The van der Waals surface area contributed by atoms with Crippen LogP contribution in [0, 0.1) is 0 Å². The van der Waals surface area contributed by atoms with Crippen molar-refractivity contribution in [3.05, 3.63) is 25.1 Å². The van der Waals surface area contributed by atoms with Crippen molar-refractivity contribution >= 4 is 10.1 Å². The fourth-order valence-electron chi connectivity index (χ4n) is 1.15. The molecule has 1 rings (SSSR count). The predicted octanol–water partition coefficient (Wildman–Crippen LogP) is 0.151. The van der Waals surface area contributed by atoms with Gasteiger partial charge in [0.05, 0.1) is 6.26 Å². The largest absolute Gasteiger partial charge is 0.336 e. The van der Waals surface area contributed by atoms with Gasteiger partial charge in [-0.2, -0.15) is 8.42 Å². The Labute approximate surface area is 84.4 Å². The second-order valence-corrected chi connectivity index (χ2v) is 4.68. The normalized spacial score (nSPS) is 21.7. The minimum atomic E-state index is -3.45. The van der Waals surface area contributed by atoms with Gasteiger partial charge in [0.2, 0.25) is 6.35 Å². The van der Waals surface area contributed by atoms with E-state index in [1.165, 1.54) is 0 Å². The third kappa shape index (κ3) is 2.74. The van der Waals surface area contributed by atoms with Crippen molar-refractivity contribution in [1.29, 1.82) is 0 Å². The van der Waals surface area contributed by atoms with Gasteiger partial charge in [-0.25, -0.2) is 4.18 Å². The van der Waals surface area contributed by atoms with Crippen LogP contribution in [-0.2, 0) is 14.3 Å². The summed E-state index contributed by atoms with van der Waals surface area (Å²) in [7, 11) is -1.70. The summed E-state index contributed by atoms with van der Waals surface area (Å²) in [6, 6.07) is 0. The van der Waals surface area contributed by atoms with Gasteiger partial charge in [-0.05, 0) is 0 Å². The maximum atomic E-state index is 11.0. The Morgan fingerprint density at radius 3 is 2.71 bits per heavy atom. The Bertz CT molecular complexity index is 336. The van der Waals surface area contributed by atoms with Gasteiger partial charge in [0, 0.05) is 26.0 Å². The first-order valence-electron chi connectivity index (χ1n) is 4.09. The van der Waals surface area contributed by atoms with Gasteiger partial charge in [-0.3, -0.25) is 0 Å². The van der Waals surface area contributed by atoms with E-state index in [0.29, 0.717) is 6.54 Å². The van der Waals surface area contributed by atoms with E-state index in [0.717, 1.165) is 6.26 Å². The molecule has 0 aromatic rings. The first kappa shape index (κ1) is 11.1. The molecule has 14 heavy (non-hydrogen) atoms. The van der Waals surface area contributed by atoms with E-state index in [-0.39, 0.29) is 0 Å². The highest BCUT2D eigenvalue weighted by atomic mass is 32.2. The summed E-state index contributed by atoms with van der Waals surface area (Å²) in [4.78, 5) is 3.40. The summed E-state index contributed by atoms with van der Waals surface area (Å²) in [6.07, 6.45) is 5.63. The lowest BCUT2D eigenvalue weighted by Gasteiger charge is -2.27. The lowest BCUT2D eigenvalue weighted by molar-refractivity contribution is -0.00182. The number of hydrogen-bond donors (Lipinski definition) is 0. The highest BCUT2D eigenvalue weighted by molar-refractivity contribution is 7.86. The molecule has 0 aromatic heterocycles. The van der Waals surface area contributed by atoms with Crippen LogP contribution in [0.15, 0.2) is 25.1 Å². The van der Waals surface area contributed by atoms with Gasteiger partial charge in [-0.1, -0.05) is 6.08 Å². The van der Waals surface area contributed by atoms with E-state index in [2.05, 4.69) is 6.58 Å². The zero-order chi connectivity index (χ0) is 10.8. The molecule has 1 heterocycles. The lowest BCUT2D eigenvalue weighted by atomic mass is 10.5. The van der Waals surface area contributed by atoms with E-state index < -0.39 is 16.5 Å². The van der Waals surface area contributed by atoms with Crippen LogP contribution in [0.5, 0.6) is 0 Å². The standard InChI is InChI=1S/C8H14N2O3S/c1-4-5-10-7-6-9(2)8(10)13-14(3,11)12/h4,6-8H,1,5H2,2-3H3. The van der Waals surface area contributed by atoms with Crippen LogP contribution in [-0.4, -0.2) is 44.4 Å². The maximum Gasteiger partial charge on any atom is 0.267 e. The molecule has 0 aliphatic carbocycles. The zero-order valence-electron chi connectivity index (χ0n) is 8.25. The van der Waals surface area contributed by atoms with Gasteiger partial charge < -0.3 is 9.80 Å². The molecule has 0 radical (unpaired) electrons. The van der Waals surface area contributed by atoms with Crippen LogP contribution in [0.25, 0.3) is 0 Å². The van der Waals surface area contributed by atoms with Crippen LogP contribution < -0.4 is 0 Å². The predicted molar refractivity (Wildman–Crippen MR) is 53.5 cm³/mol. The topological polar surface area (TPSA) is 49.9 Å². The molecule has 1 atom stereocenters. The van der Waals surface area contributed by atoms with Crippen LogP contribution in [0.4, 0.5) is 0 Å². The number of rotatable bonds is 4. The van der Waals surface area contributed by atoms with Crippen molar-refractivity contribution in [3.63, 3.8) is 0 Å². The van der Waals surface area contributed by atoms with E-state index in [9.17, 15) is 8.42 Å². The molecule has 0 amide bonds.